The van der Waals surface area contributed by atoms with Gasteiger partial charge in [0.15, 0.2) is 0 Å². The van der Waals surface area contributed by atoms with Gasteiger partial charge in [0.05, 0.1) is 12.2 Å². The van der Waals surface area contributed by atoms with Crippen LogP contribution in [0.3, 0.4) is 0 Å². The zero-order valence-corrected chi connectivity index (χ0v) is 10.1. The second kappa shape index (κ2) is 4.88. The number of rotatable bonds is 3. The molecule has 1 fully saturated rings. The van der Waals surface area contributed by atoms with Gasteiger partial charge in [-0.05, 0) is 25.8 Å². The van der Waals surface area contributed by atoms with E-state index in [1.165, 1.54) is 0 Å². The highest BCUT2D eigenvalue weighted by Gasteiger charge is 2.36. The Labute approximate surface area is 101 Å². The van der Waals surface area contributed by atoms with Crippen molar-refractivity contribution in [3.05, 3.63) is 29.8 Å². The first-order chi connectivity index (χ1) is 8.15. The maximum atomic E-state index is 11.3. The molecule has 1 aromatic carbocycles. The van der Waals surface area contributed by atoms with Crippen molar-refractivity contribution in [3.63, 3.8) is 0 Å². The summed E-state index contributed by atoms with van der Waals surface area (Å²) in [6, 6.07) is 7.55. The number of Topliss-reactive ketones (excluding diaryl/α,β-unsaturated/α-hetero) is 1. The molecule has 0 radical (unpaired) electrons. The van der Waals surface area contributed by atoms with Gasteiger partial charge >= 0.3 is 0 Å². The molecular weight excluding hydrogens is 216 g/mol. The van der Waals surface area contributed by atoms with Crippen LogP contribution in [0.1, 0.15) is 38.2 Å². The smallest absolute Gasteiger partial charge is 0.133 e. The van der Waals surface area contributed by atoms with E-state index in [-0.39, 0.29) is 5.78 Å². The van der Waals surface area contributed by atoms with Crippen LogP contribution in [-0.4, -0.2) is 17.5 Å². The predicted octanol–water partition coefficient (Wildman–Crippen LogP) is 2.42. The van der Waals surface area contributed by atoms with E-state index in [0.29, 0.717) is 32.3 Å². The Morgan fingerprint density at radius 1 is 1.29 bits per heavy atom. The van der Waals surface area contributed by atoms with Crippen molar-refractivity contribution in [2.75, 3.05) is 6.61 Å². The van der Waals surface area contributed by atoms with Crippen molar-refractivity contribution in [2.45, 2.75) is 38.2 Å². The lowest BCUT2D eigenvalue weighted by Gasteiger charge is -2.33. The first kappa shape index (κ1) is 12.1. The highest BCUT2D eigenvalue weighted by Crippen LogP contribution is 2.40. The summed E-state index contributed by atoms with van der Waals surface area (Å²) in [7, 11) is 0. The zero-order chi connectivity index (χ0) is 12.3. The summed E-state index contributed by atoms with van der Waals surface area (Å²) in [4.78, 5) is 11.3. The van der Waals surface area contributed by atoms with Gasteiger partial charge in [-0.25, -0.2) is 0 Å². The first-order valence-corrected chi connectivity index (χ1v) is 6.12. The van der Waals surface area contributed by atoms with E-state index in [9.17, 15) is 9.90 Å². The van der Waals surface area contributed by atoms with Gasteiger partial charge in [0.1, 0.15) is 11.5 Å². The Morgan fingerprint density at radius 3 is 2.59 bits per heavy atom. The van der Waals surface area contributed by atoms with Gasteiger partial charge in [-0.1, -0.05) is 18.2 Å². The minimum absolute atomic E-state index is 0.239. The number of para-hydroxylation sites is 1. The van der Waals surface area contributed by atoms with E-state index in [1.54, 1.807) is 0 Å². The molecule has 0 saturated heterocycles. The van der Waals surface area contributed by atoms with Gasteiger partial charge in [0.2, 0.25) is 0 Å². The molecule has 0 unspecified atom stereocenters. The van der Waals surface area contributed by atoms with Crippen molar-refractivity contribution in [2.24, 2.45) is 0 Å². The van der Waals surface area contributed by atoms with Crippen molar-refractivity contribution in [3.8, 4) is 5.75 Å². The summed E-state index contributed by atoms with van der Waals surface area (Å²) in [5, 5.41) is 10.6. The molecule has 1 N–H and O–H groups in total. The molecule has 1 saturated carbocycles. The number of hydrogen-bond donors (Lipinski definition) is 1. The fraction of sp³-hybridized carbons (Fsp3) is 0.500. The number of carbonyl (C=O) groups is 1. The number of ketones is 1. The maximum absolute atomic E-state index is 11.3. The number of aliphatic hydroxyl groups is 1. The lowest BCUT2D eigenvalue weighted by molar-refractivity contribution is -0.125. The topological polar surface area (TPSA) is 46.5 Å². The Kier molecular flexibility index (Phi) is 3.48. The van der Waals surface area contributed by atoms with Gasteiger partial charge in [0, 0.05) is 18.4 Å². The molecule has 1 aliphatic carbocycles. The molecule has 2 rings (SSSR count). The second-order valence-electron chi connectivity index (χ2n) is 4.50. The Balaban J connectivity index is 2.29. The molecule has 92 valence electrons. The van der Waals surface area contributed by atoms with E-state index in [4.69, 9.17) is 4.74 Å². The summed E-state index contributed by atoms with van der Waals surface area (Å²) < 4.78 is 5.54. The van der Waals surface area contributed by atoms with Crippen LogP contribution in [-0.2, 0) is 10.4 Å². The quantitative estimate of drug-likeness (QED) is 0.873. The van der Waals surface area contributed by atoms with Gasteiger partial charge in [-0.2, -0.15) is 0 Å². The lowest BCUT2D eigenvalue weighted by Crippen LogP contribution is -2.32. The molecule has 0 heterocycles. The molecule has 0 aromatic heterocycles. The fourth-order valence-corrected chi connectivity index (χ4v) is 2.34. The Bertz CT molecular complexity index is 402. The van der Waals surface area contributed by atoms with Crippen LogP contribution in [0.5, 0.6) is 5.75 Å². The third-order valence-corrected chi connectivity index (χ3v) is 3.32. The summed E-state index contributed by atoms with van der Waals surface area (Å²) in [6.45, 7) is 2.50. The number of benzene rings is 1. The minimum atomic E-state index is -0.903. The van der Waals surface area contributed by atoms with Gasteiger partial charge in [-0.15, -0.1) is 0 Å². The van der Waals surface area contributed by atoms with E-state index < -0.39 is 5.60 Å². The van der Waals surface area contributed by atoms with Crippen LogP contribution in [0.2, 0.25) is 0 Å². The molecule has 1 aromatic rings. The maximum Gasteiger partial charge on any atom is 0.133 e. The molecule has 0 aliphatic heterocycles. The SMILES string of the molecule is CCOc1ccccc1C1(O)CCC(=O)CC1. The highest BCUT2D eigenvalue weighted by molar-refractivity contribution is 5.79. The zero-order valence-electron chi connectivity index (χ0n) is 10.1. The second-order valence-corrected chi connectivity index (χ2v) is 4.50. The summed E-state index contributed by atoms with van der Waals surface area (Å²) in [5.41, 5.74) is -0.0889. The van der Waals surface area contributed by atoms with Crippen LogP contribution in [0.4, 0.5) is 0 Å². The molecule has 0 amide bonds. The van der Waals surface area contributed by atoms with Crippen LogP contribution >= 0.6 is 0 Å². The molecule has 0 atom stereocenters. The Hall–Kier alpha value is -1.35. The van der Waals surface area contributed by atoms with E-state index in [0.717, 1.165) is 11.3 Å². The highest BCUT2D eigenvalue weighted by atomic mass is 16.5. The molecule has 17 heavy (non-hydrogen) atoms. The molecule has 0 spiro atoms. The molecular formula is C14H18O3. The predicted molar refractivity (Wildman–Crippen MR) is 65.0 cm³/mol. The van der Waals surface area contributed by atoms with Crippen LogP contribution in [0.15, 0.2) is 24.3 Å². The first-order valence-electron chi connectivity index (χ1n) is 6.12. The third kappa shape index (κ3) is 2.50. The third-order valence-electron chi connectivity index (χ3n) is 3.32. The lowest BCUT2D eigenvalue weighted by atomic mass is 9.79. The standard InChI is InChI=1S/C14H18O3/c1-2-17-13-6-4-3-5-12(13)14(16)9-7-11(15)8-10-14/h3-6,16H,2,7-10H2,1H3. The van der Waals surface area contributed by atoms with Gasteiger partial charge in [-0.3, -0.25) is 4.79 Å². The van der Waals surface area contributed by atoms with E-state index >= 15 is 0 Å². The van der Waals surface area contributed by atoms with Crippen molar-refractivity contribution in [1.29, 1.82) is 0 Å². The average molecular weight is 234 g/mol. The summed E-state index contributed by atoms with van der Waals surface area (Å²) in [6.07, 6.45) is 1.90. The van der Waals surface area contributed by atoms with Crippen molar-refractivity contribution >= 4 is 5.78 Å². The van der Waals surface area contributed by atoms with E-state index in [1.807, 2.05) is 31.2 Å². The molecule has 0 bridgehead atoms. The van der Waals surface area contributed by atoms with Gasteiger partial charge < -0.3 is 9.84 Å². The molecule has 3 nitrogen and oxygen atoms in total. The molecule has 3 heteroatoms. The summed E-state index contributed by atoms with van der Waals surface area (Å²) in [5.74, 6) is 0.968. The van der Waals surface area contributed by atoms with Gasteiger partial charge in [0.25, 0.3) is 0 Å². The fourth-order valence-electron chi connectivity index (χ4n) is 2.34. The summed E-state index contributed by atoms with van der Waals surface area (Å²) >= 11 is 0. The minimum Gasteiger partial charge on any atom is -0.493 e. The van der Waals surface area contributed by atoms with Crippen molar-refractivity contribution < 1.29 is 14.6 Å². The normalized spacial score (nSPS) is 19.1. The van der Waals surface area contributed by atoms with Crippen LogP contribution in [0, 0.1) is 0 Å². The largest absolute Gasteiger partial charge is 0.493 e. The monoisotopic (exact) mass is 234 g/mol. The number of ether oxygens (including phenoxy) is 1. The number of carbonyl (C=O) groups excluding carboxylic acids is 1. The Morgan fingerprint density at radius 2 is 1.94 bits per heavy atom. The number of hydrogen-bond acceptors (Lipinski definition) is 3. The van der Waals surface area contributed by atoms with Crippen LogP contribution in [0.25, 0.3) is 0 Å². The van der Waals surface area contributed by atoms with Crippen LogP contribution < -0.4 is 4.74 Å². The van der Waals surface area contributed by atoms with E-state index in [2.05, 4.69) is 0 Å². The van der Waals surface area contributed by atoms with Crippen molar-refractivity contribution in [1.82, 2.24) is 0 Å². The average Bonchev–Trinajstić information content (AvgIpc) is 2.34. The molecule has 1 aliphatic rings.